The van der Waals surface area contributed by atoms with E-state index in [1.807, 2.05) is 54.6 Å². The Morgan fingerprint density at radius 3 is 1.68 bits per heavy atom. The Balaban J connectivity index is 0.000000753. The molecule has 0 aromatic heterocycles. The van der Waals surface area contributed by atoms with Gasteiger partial charge in [-0.2, -0.15) is 15.8 Å². The number of benzene rings is 3. The van der Waals surface area contributed by atoms with Gasteiger partial charge >= 0.3 is 36.8 Å². The van der Waals surface area contributed by atoms with Crippen LogP contribution in [0, 0.1) is 45.8 Å². The number of allylic oxidation sites excluding steroid dienone is 1. The van der Waals surface area contributed by atoms with E-state index < -0.39 is 5.97 Å². The Kier molecular flexibility index (Phi) is 20.4. The zero-order chi connectivity index (χ0) is 36.0. The van der Waals surface area contributed by atoms with Crippen LogP contribution >= 0.6 is 0 Å². The summed E-state index contributed by atoms with van der Waals surface area (Å²) in [6, 6.07) is 28.5. The number of rotatable bonds is 6. The Morgan fingerprint density at radius 1 is 0.698 bits per heavy atom. The van der Waals surface area contributed by atoms with Crippen LogP contribution in [0.2, 0.25) is 0 Å². The number of carboxylic acid groups (broad SMARTS) is 1. The maximum absolute atomic E-state index is 11.7. The van der Waals surface area contributed by atoms with Crippen molar-refractivity contribution < 1.29 is 75.2 Å². The van der Waals surface area contributed by atoms with Crippen LogP contribution < -0.4 is 18.9 Å². The van der Waals surface area contributed by atoms with Gasteiger partial charge in [0.05, 0.1) is 61.0 Å². The molecule has 4 unspecified atom stereocenters. The van der Waals surface area contributed by atoms with E-state index in [9.17, 15) is 14.4 Å². The number of methoxy groups -OCH3 is 2. The summed E-state index contributed by atoms with van der Waals surface area (Å²) in [6.07, 6.45) is 8.14. The van der Waals surface area contributed by atoms with E-state index in [2.05, 4.69) is 18.2 Å². The number of nitriles is 3. The average Bonchev–Trinajstić information content (AvgIpc) is 3.96. The van der Waals surface area contributed by atoms with E-state index in [1.54, 1.807) is 18.2 Å². The molecule has 10 nitrogen and oxygen atoms in total. The Morgan fingerprint density at radius 2 is 1.19 bits per heavy atom. The fourth-order valence-electron chi connectivity index (χ4n) is 7.31. The van der Waals surface area contributed by atoms with Gasteiger partial charge in [-0.15, -0.1) is 0 Å². The molecule has 276 valence electrons. The molecule has 0 heterocycles. The summed E-state index contributed by atoms with van der Waals surface area (Å²) >= 11 is 0. The van der Waals surface area contributed by atoms with Crippen LogP contribution in [0.5, 0.6) is 0 Å². The number of hydrogen-bond donors (Lipinski definition) is 1. The summed E-state index contributed by atoms with van der Waals surface area (Å²) in [7, 11) is 2.83. The van der Waals surface area contributed by atoms with Gasteiger partial charge in [0.15, 0.2) is 0 Å². The summed E-state index contributed by atoms with van der Waals surface area (Å²) < 4.78 is 9.62. The molecule has 3 aromatic carbocycles. The zero-order valence-electron chi connectivity index (χ0n) is 30.2. The predicted octanol–water partition coefficient (Wildman–Crippen LogP) is 4.88. The molecule has 3 aliphatic rings. The second kappa shape index (κ2) is 23.2. The van der Waals surface area contributed by atoms with Crippen molar-refractivity contribution in [2.24, 2.45) is 11.8 Å². The minimum absolute atomic E-state index is 0. The molecule has 2 saturated carbocycles. The molecule has 3 aliphatic carbocycles. The van der Waals surface area contributed by atoms with E-state index in [1.165, 1.54) is 14.2 Å². The van der Waals surface area contributed by atoms with Gasteiger partial charge in [0.2, 0.25) is 0 Å². The summed E-state index contributed by atoms with van der Waals surface area (Å²) in [5.41, 5.74) is 6.68. The Hall–Kier alpha value is -4.50. The van der Waals surface area contributed by atoms with Crippen LogP contribution in [0.3, 0.4) is 0 Å². The van der Waals surface area contributed by atoms with Gasteiger partial charge in [-0.05, 0) is 115 Å². The van der Waals surface area contributed by atoms with Crippen molar-refractivity contribution in [3.8, 4) is 18.2 Å². The molecule has 0 saturated heterocycles. The average molecular weight is 804 g/mol. The molecule has 0 bridgehead atoms. The maximum atomic E-state index is 11.7. The monoisotopic (exact) mass is 803 g/mol. The van der Waals surface area contributed by atoms with Crippen molar-refractivity contribution in [3.05, 3.63) is 112 Å². The third-order valence-corrected chi connectivity index (χ3v) is 9.73. The van der Waals surface area contributed by atoms with E-state index in [0.717, 1.165) is 85.6 Å². The summed E-state index contributed by atoms with van der Waals surface area (Å²) in [5.74, 6) is -1.15. The number of carbonyl (C=O) groups is 3. The fraction of sp³-hybridized carbons (Fsp3) is 0.366. The normalized spacial score (nSPS) is 19.3. The van der Waals surface area contributed by atoms with Crippen molar-refractivity contribution in [2.75, 3.05) is 14.2 Å². The third-order valence-electron chi connectivity index (χ3n) is 9.73. The molecule has 2 N–H and O–H groups in total. The van der Waals surface area contributed by atoms with Crippen LogP contribution in [0.1, 0.15) is 104 Å². The van der Waals surface area contributed by atoms with Gasteiger partial charge in [0.25, 0.3) is 0 Å². The van der Waals surface area contributed by atoms with Crippen LogP contribution in [-0.4, -0.2) is 42.7 Å². The molecule has 6 rings (SSSR count). The van der Waals surface area contributed by atoms with Gasteiger partial charge in [0, 0.05) is 27.4 Å². The molecular formula is C41H44LiN3O7Pd. The first-order valence-corrected chi connectivity index (χ1v) is 16.9. The van der Waals surface area contributed by atoms with Crippen molar-refractivity contribution in [1.29, 1.82) is 15.8 Å². The maximum Gasteiger partial charge on any atom is 1.00 e. The number of esters is 2. The summed E-state index contributed by atoms with van der Waals surface area (Å²) in [6.45, 7) is 0. The minimum Gasteiger partial charge on any atom is -0.870 e. The standard InChI is InChI=1S/C14H15NO2.C14H13NO2.C13H13NO2.Li.H2O.Pd.H2/c2*1-17-14(16)13-7-3-6-12(13)11-5-2-4-10(8-11)9-15;14-8-9-3-1-4-10(7-9)11-5-2-6-12(11)13(15)16;;;;/h2,4-5,8,12-13H,3,6-7H2,1H3;2,4-5,8H,3,6-7H2,1H3;1,3-4,7,11-12H,2,5-6H2,(H,15,16);;1H2;;1H/q;;;+1;;;/p-1. The number of hydrogen-bond acceptors (Lipinski definition) is 9. The molecular weight excluding hydrogens is 760 g/mol. The zero-order valence-corrected chi connectivity index (χ0v) is 31.7. The van der Waals surface area contributed by atoms with Gasteiger partial charge in [0.1, 0.15) is 0 Å². The summed E-state index contributed by atoms with van der Waals surface area (Å²) in [5, 5.41) is 35.7. The van der Waals surface area contributed by atoms with Crippen molar-refractivity contribution in [1.82, 2.24) is 0 Å². The van der Waals surface area contributed by atoms with Crippen LogP contribution in [0.4, 0.5) is 0 Å². The SMILES string of the molecule is COC(=O)C1=C(c2cccc(C#N)c2)CCC1.COC(=O)C1CCCC1c1cccc(C#N)c1.N#Cc1cccc(C2CCCC2C(=O)O)c1.[HH].[Li+].[OH-].[Pd]. The van der Waals surface area contributed by atoms with Crippen molar-refractivity contribution in [3.63, 3.8) is 0 Å². The van der Waals surface area contributed by atoms with Gasteiger partial charge in [-0.25, -0.2) is 4.79 Å². The first-order valence-electron chi connectivity index (χ1n) is 16.9. The van der Waals surface area contributed by atoms with Crippen molar-refractivity contribution >= 4 is 23.5 Å². The molecule has 0 radical (unpaired) electrons. The smallest absolute Gasteiger partial charge is 0.870 e. The molecule has 3 aromatic rings. The molecule has 4 atom stereocenters. The van der Waals surface area contributed by atoms with Crippen LogP contribution in [0.15, 0.2) is 78.4 Å². The summed E-state index contributed by atoms with van der Waals surface area (Å²) in [4.78, 5) is 34.3. The Bertz CT molecular complexity index is 1880. The van der Waals surface area contributed by atoms with Gasteiger partial charge in [-0.1, -0.05) is 49.2 Å². The van der Waals surface area contributed by atoms with Gasteiger partial charge in [-0.3, -0.25) is 9.59 Å². The first kappa shape index (κ1) is 46.5. The van der Waals surface area contributed by atoms with Crippen LogP contribution in [0.25, 0.3) is 5.57 Å². The number of nitrogens with zero attached hydrogens (tertiary/aromatic N) is 3. The van der Waals surface area contributed by atoms with E-state index >= 15 is 0 Å². The molecule has 0 spiro atoms. The number of carboxylic acids is 1. The van der Waals surface area contributed by atoms with Crippen LogP contribution in [-0.2, 0) is 44.3 Å². The fourth-order valence-corrected chi connectivity index (χ4v) is 7.31. The molecule has 0 aliphatic heterocycles. The molecule has 2 fully saturated rings. The Labute approximate surface area is 338 Å². The van der Waals surface area contributed by atoms with Gasteiger partial charge < -0.3 is 20.1 Å². The second-order valence-corrected chi connectivity index (χ2v) is 12.6. The minimum atomic E-state index is -0.718. The predicted molar refractivity (Wildman–Crippen MR) is 190 cm³/mol. The topological polar surface area (TPSA) is 191 Å². The molecule has 12 heteroatoms. The quantitative estimate of drug-likeness (QED) is 0.266. The third kappa shape index (κ3) is 12.3. The number of aliphatic carboxylic acids is 1. The van der Waals surface area contributed by atoms with E-state index in [4.69, 9.17) is 30.4 Å². The largest absolute Gasteiger partial charge is 1.00 e. The first-order chi connectivity index (χ1) is 24.2. The number of ether oxygens (including phenoxy) is 2. The van der Waals surface area contributed by atoms with E-state index in [-0.39, 0.29) is 81.8 Å². The number of carbonyl (C=O) groups excluding carboxylic acids is 2. The molecule has 0 amide bonds. The second-order valence-electron chi connectivity index (χ2n) is 12.6. The van der Waals surface area contributed by atoms with Crippen molar-refractivity contribution in [2.45, 2.75) is 69.6 Å². The van der Waals surface area contributed by atoms with E-state index in [0.29, 0.717) is 16.7 Å². The molecule has 53 heavy (non-hydrogen) atoms.